The zero-order valence-corrected chi connectivity index (χ0v) is 12.0. The molecule has 6 nitrogen and oxygen atoms in total. The fourth-order valence-corrected chi connectivity index (χ4v) is 2.10. The second-order valence-electron chi connectivity index (χ2n) is 4.48. The third-order valence-corrected chi connectivity index (χ3v) is 3.33. The van der Waals surface area contributed by atoms with E-state index in [2.05, 4.69) is 10.6 Å². The van der Waals surface area contributed by atoms with Crippen LogP contribution in [0, 0.1) is 0 Å². The van der Waals surface area contributed by atoms with Crippen molar-refractivity contribution in [3.8, 4) is 5.75 Å². The summed E-state index contributed by atoms with van der Waals surface area (Å²) < 4.78 is 47.3. The molecule has 4 N–H and O–H groups in total. The van der Waals surface area contributed by atoms with Crippen LogP contribution in [-0.4, -0.2) is 44.8 Å². The zero-order valence-electron chi connectivity index (χ0n) is 16.2. The average molecular weight is 319 g/mol. The van der Waals surface area contributed by atoms with Gasteiger partial charge in [0.25, 0.3) is 5.91 Å². The van der Waals surface area contributed by atoms with E-state index in [-0.39, 0.29) is 34.7 Å². The maximum atomic E-state index is 12.5. The number of halogens is 1. The van der Waals surface area contributed by atoms with Crippen molar-refractivity contribution < 1.29 is 21.1 Å². The van der Waals surface area contributed by atoms with Crippen LogP contribution in [0.15, 0.2) is 12.1 Å². The molecule has 0 bridgehead atoms. The van der Waals surface area contributed by atoms with Gasteiger partial charge in [-0.3, -0.25) is 4.79 Å². The number of nitrogen functional groups attached to an aromatic ring is 1. The van der Waals surface area contributed by atoms with Gasteiger partial charge in [-0.05, 0) is 12.9 Å². The van der Waals surface area contributed by atoms with Crippen molar-refractivity contribution in [3.63, 3.8) is 0 Å². The summed E-state index contributed by atoms with van der Waals surface area (Å²) in [6.07, 6.45) is -0.213. The van der Waals surface area contributed by atoms with Crippen LogP contribution in [-0.2, 0) is 4.74 Å². The standard InChI is InChI=1S/C14H20ClN3O3/c1-2-20-13-6-12(16)11(15)5-10(13)14(19)18-8-9-7-17-3-4-21-9/h5-6,9,17H,2-4,7-8,16H2,1H3,(H,18,19)/i1D3,2D2. The second-order valence-corrected chi connectivity index (χ2v) is 4.89. The second kappa shape index (κ2) is 7.49. The van der Waals surface area contributed by atoms with Crippen LogP contribution < -0.4 is 21.1 Å². The molecule has 1 aliphatic heterocycles. The maximum absolute atomic E-state index is 12.5. The van der Waals surface area contributed by atoms with Gasteiger partial charge in [0.1, 0.15) is 5.75 Å². The Kier molecular flexibility index (Phi) is 3.66. The number of nitrogens with two attached hydrogens (primary N) is 1. The first-order chi connectivity index (χ1) is 12.0. The minimum atomic E-state index is -3.06. The lowest BCUT2D eigenvalue weighted by Gasteiger charge is -2.24. The summed E-state index contributed by atoms with van der Waals surface area (Å²) in [6, 6.07) is 2.33. The van der Waals surface area contributed by atoms with E-state index in [0.29, 0.717) is 13.2 Å². The predicted octanol–water partition coefficient (Wildman–Crippen LogP) is 1.04. The molecule has 1 atom stereocenters. The highest BCUT2D eigenvalue weighted by Crippen LogP contribution is 2.29. The van der Waals surface area contributed by atoms with Crippen LogP contribution in [0.4, 0.5) is 5.69 Å². The van der Waals surface area contributed by atoms with Crippen molar-refractivity contribution in [1.29, 1.82) is 0 Å². The first-order valence-corrected chi connectivity index (χ1v) is 6.77. The van der Waals surface area contributed by atoms with E-state index >= 15 is 0 Å². The SMILES string of the molecule is [2H]C([2H])([2H])C([2H])([2H])Oc1cc(N)c(Cl)cc1C(=O)NCC1CNCCO1. The molecule has 7 heteroatoms. The molecular formula is C14H20ClN3O3. The normalized spacial score (nSPS) is 23.1. The number of carbonyl (C=O) groups is 1. The molecule has 0 spiro atoms. The molecule has 0 radical (unpaired) electrons. The van der Waals surface area contributed by atoms with Gasteiger partial charge < -0.3 is 25.8 Å². The van der Waals surface area contributed by atoms with E-state index in [0.717, 1.165) is 12.6 Å². The number of nitrogens with one attached hydrogen (secondary N) is 2. The number of amides is 1. The average Bonchev–Trinajstić information content (AvgIpc) is 2.55. The Balaban J connectivity index is 2.20. The first-order valence-electron chi connectivity index (χ1n) is 8.90. The molecule has 2 rings (SSSR count). The Morgan fingerprint density at radius 1 is 1.76 bits per heavy atom. The fourth-order valence-electron chi connectivity index (χ4n) is 1.94. The van der Waals surface area contributed by atoms with Crippen LogP contribution in [0.5, 0.6) is 5.75 Å². The van der Waals surface area contributed by atoms with Crippen molar-refractivity contribution >= 4 is 23.2 Å². The number of rotatable bonds is 5. The summed E-state index contributed by atoms with van der Waals surface area (Å²) >= 11 is 5.94. The third-order valence-electron chi connectivity index (χ3n) is 3.00. The van der Waals surface area contributed by atoms with Gasteiger partial charge in [-0.25, -0.2) is 0 Å². The number of hydrogen-bond acceptors (Lipinski definition) is 5. The van der Waals surface area contributed by atoms with Crippen molar-refractivity contribution in [3.05, 3.63) is 22.7 Å². The summed E-state index contributed by atoms with van der Waals surface area (Å²) in [5.74, 6) is -0.925. The topological polar surface area (TPSA) is 85.6 Å². The molecule has 1 aromatic rings. The van der Waals surface area contributed by atoms with Crippen LogP contribution in [0.25, 0.3) is 0 Å². The molecule has 1 fully saturated rings. The number of benzene rings is 1. The Morgan fingerprint density at radius 3 is 3.33 bits per heavy atom. The van der Waals surface area contributed by atoms with Gasteiger partial charge in [0, 0.05) is 29.8 Å². The third kappa shape index (κ3) is 4.23. The van der Waals surface area contributed by atoms with Crippen LogP contribution >= 0.6 is 11.6 Å². The highest BCUT2D eigenvalue weighted by molar-refractivity contribution is 6.33. The van der Waals surface area contributed by atoms with E-state index in [1.165, 1.54) is 6.07 Å². The molecule has 1 unspecified atom stereocenters. The van der Waals surface area contributed by atoms with Crippen LogP contribution in [0.2, 0.25) is 5.02 Å². The number of anilines is 1. The zero-order chi connectivity index (χ0) is 19.5. The Bertz CT molecular complexity index is 666. The molecule has 1 heterocycles. The highest BCUT2D eigenvalue weighted by Gasteiger charge is 2.18. The molecule has 0 aliphatic carbocycles. The molecule has 1 amide bonds. The Labute approximate surface area is 136 Å². The highest BCUT2D eigenvalue weighted by atomic mass is 35.5. The van der Waals surface area contributed by atoms with Gasteiger partial charge in [-0.1, -0.05) is 11.6 Å². The smallest absolute Gasteiger partial charge is 0.255 e. The summed E-state index contributed by atoms with van der Waals surface area (Å²) in [6.45, 7) is -4.02. The van der Waals surface area contributed by atoms with E-state index in [1.54, 1.807) is 0 Å². The molecule has 1 aromatic carbocycles. The largest absolute Gasteiger partial charge is 0.493 e. The predicted molar refractivity (Wildman–Crippen MR) is 82.0 cm³/mol. The van der Waals surface area contributed by atoms with Gasteiger partial charge in [-0.15, -0.1) is 0 Å². The minimum absolute atomic E-state index is 0.0272. The van der Waals surface area contributed by atoms with Crippen LogP contribution in [0.1, 0.15) is 24.1 Å². The van der Waals surface area contributed by atoms with Crippen molar-refractivity contribution in [2.75, 3.05) is 38.5 Å². The molecule has 1 aliphatic rings. The summed E-state index contributed by atoms with van der Waals surface area (Å²) in [4.78, 5) is 12.5. The molecule has 116 valence electrons. The number of hydrogen-bond donors (Lipinski definition) is 3. The Hall–Kier alpha value is -1.50. The van der Waals surface area contributed by atoms with Gasteiger partial charge in [0.05, 0.1) is 38.3 Å². The summed E-state index contributed by atoms with van der Waals surface area (Å²) in [5, 5.41) is 5.82. The minimum Gasteiger partial charge on any atom is -0.493 e. The van der Waals surface area contributed by atoms with Gasteiger partial charge in [0.15, 0.2) is 0 Å². The molecule has 0 aromatic heterocycles. The molecule has 21 heavy (non-hydrogen) atoms. The molecule has 1 saturated heterocycles. The van der Waals surface area contributed by atoms with E-state index < -0.39 is 19.3 Å². The lowest BCUT2D eigenvalue weighted by Crippen LogP contribution is -2.45. The van der Waals surface area contributed by atoms with Crippen LogP contribution in [0.3, 0.4) is 0 Å². The number of ether oxygens (including phenoxy) is 2. The monoisotopic (exact) mass is 318 g/mol. The van der Waals surface area contributed by atoms with Gasteiger partial charge >= 0.3 is 0 Å². The van der Waals surface area contributed by atoms with E-state index in [4.69, 9.17) is 33.7 Å². The van der Waals surface area contributed by atoms with Gasteiger partial charge in [-0.2, -0.15) is 0 Å². The van der Waals surface area contributed by atoms with Crippen molar-refractivity contribution in [2.24, 2.45) is 0 Å². The van der Waals surface area contributed by atoms with Crippen molar-refractivity contribution in [2.45, 2.75) is 13.0 Å². The number of carbonyl (C=O) groups excluding carboxylic acids is 1. The number of morpholine rings is 1. The van der Waals surface area contributed by atoms with Gasteiger partial charge in [0.2, 0.25) is 0 Å². The summed E-state index contributed by atoms with van der Waals surface area (Å²) in [7, 11) is 0. The lowest BCUT2D eigenvalue weighted by molar-refractivity contribution is 0.0287. The maximum Gasteiger partial charge on any atom is 0.255 e. The quantitative estimate of drug-likeness (QED) is 0.706. The van der Waals surface area contributed by atoms with Crippen molar-refractivity contribution in [1.82, 2.24) is 10.6 Å². The Morgan fingerprint density at radius 2 is 2.62 bits per heavy atom. The summed E-state index contributed by atoms with van der Waals surface area (Å²) in [5.41, 5.74) is 5.58. The molecular weight excluding hydrogens is 294 g/mol. The lowest BCUT2D eigenvalue weighted by atomic mass is 10.1. The first kappa shape index (κ1) is 10.3. The van der Waals surface area contributed by atoms with E-state index in [1.807, 2.05) is 0 Å². The fraction of sp³-hybridized carbons (Fsp3) is 0.500. The van der Waals surface area contributed by atoms with E-state index in [9.17, 15) is 4.79 Å². The molecule has 0 saturated carbocycles.